The van der Waals surface area contributed by atoms with Gasteiger partial charge >= 0.3 is 0 Å². The van der Waals surface area contributed by atoms with Crippen LogP contribution in [0, 0.1) is 0 Å². The first-order valence-electron chi connectivity index (χ1n) is 9.66. The summed E-state index contributed by atoms with van der Waals surface area (Å²) < 4.78 is 8.10. The molecule has 5 nitrogen and oxygen atoms in total. The van der Waals surface area contributed by atoms with Gasteiger partial charge < -0.3 is 4.74 Å². The van der Waals surface area contributed by atoms with Crippen molar-refractivity contribution in [3.63, 3.8) is 0 Å². The molecule has 2 aromatic heterocycles. The van der Waals surface area contributed by atoms with Gasteiger partial charge in [-0.2, -0.15) is 0 Å². The average molecular weight is 457 g/mol. The molecule has 0 spiro atoms. The van der Waals surface area contributed by atoms with Crippen LogP contribution >= 0.6 is 35.0 Å². The quantitative estimate of drug-likeness (QED) is 0.303. The fraction of sp³-hybridized carbons (Fsp3) is 0.227. The number of ether oxygens (including phenoxy) is 1. The van der Waals surface area contributed by atoms with Gasteiger partial charge in [-0.15, -0.1) is 10.2 Å². The summed E-state index contributed by atoms with van der Waals surface area (Å²) in [5.74, 6) is 2.21. The van der Waals surface area contributed by atoms with Crippen LogP contribution in [0.5, 0.6) is 5.75 Å². The molecule has 0 bridgehead atoms. The Bertz CT molecular complexity index is 1210. The molecule has 0 unspecified atom stereocenters. The number of nitrogens with zero attached hydrogens (tertiary/aromatic N) is 4. The van der Waals surface area contributed by atoms with E-state index in [-0.39, 0.29) is 0 Å². The second kappa shape index (κ2) is 8.46. The molecule has 1 aliphatic carbocycles. The predicted molar refractivity (Wildman–Crippen MR) is 120 cm³/mol. The second-order valence-electron chi connectivity index (χ2n) is 7.11. The fourth-order valence-electron chi connectivity index (χ4n) is 3.36. The lowest BCUT2D eigenvalue weighted by Crippen LogP contribution is -2.07. The maximum absolute atomic E-state index is 6.32. The Morgan fingerprint density at radius 3 is 2.70 bits per heavy atom. The zero-order valence-electron chi connectivity index (χ0n) is 16.0. The molecule has 5 rings (SSSR count). The summed E-state index contributed by atoms with van der Waals surface area (Å²) in [6.45, 7) is 0.333. The van der Waals surface area contributed by atoms with Crippen molar-refractivity contribution in [1.29, 1.82) is 0 Å². The van der Waals surface area contributed by atoms with Gasteiger partial charge in [0, 0.05) is 28.4 Å². The number of hydrogen-bond donors (Lipinski definition) is 0. The molecular weight excluding hydrogens is 439 g/mol. The van der Waals surface area contributed by atoms with E-state index >= 15 is 0 Å². The zero-order valence-corrected chi connectivity index (χ0v) is 18.3. The SMILES string of the molecule is Clc1ccccc1OCc1nnc(SCc2ccc(Cl)c3cccnc23)n1C1CC1. The van der Waals surface area contributed by atoms with Gasteiger partial charge in [0.05, 0.1) is 10.5 Å². The maximum atomic E-state index is 6.32. The number of hydrogen-bond acceptors (Lipinski definition) is 5. The maximum Gasteiger partial charge on any atom is 0.191 e. The van der Waals surface area contributed by atoms with E-state index in [1.807, 2.05) is 48.5 Å². The highest BCUT2D eigenvalue weighted by atomic mass is 35.5. The van der Waals surface area contributed by atoms with Crippen LogP contribution in [0.1, 0.15) is 30.3 Å². The molecule has 0 N–H and O–H groups in total. The first-order valence-corrected chi connectivity index (χ1v) is 11.4. The lowest BCUT2D eigenvalue weighted by Gasteiger charge is -2.11. The van der Waals surface area contributed by atoms with E-state index in [0.29, 0.717) is 28.4 Å². The van der Waals surface area contributed by atoms with E-state index in [1.165, 1.54) is 0 Å². The molecular formula is C22H18Cl2N4OS. The predicted octanol–water partition coefficient (Wildman–Crippen LogP) is 6.34. The Kier molecular flexibility index (Phi) is 5.54. The molecule has 8 heteroatoms. The molecule has 0 saturated heterocycles. The summed E-state index contributed by atoms with van der Waals surface area (Å²) in [5.41, 5.74) is 2.05. The molecule has 4 aromatic rings. The molecule has 1 aliphatic rings. The molecule has 0 radical (unpaired) electrons. The first kappa shape index (κ1) is 19.7. The van der Waals surface area contributed by atoms with Gasteiger partial charge in [-0.25, -0.2) is 0 Å². The minimum absolute atomic E-state index is 0.333. The molecule has 0 aliphatic heterocycles. The molecule has 0 amide bonds. The van der Waals surface area contributed by atoms with Crippen molar-refractivity contribution >= 4 is 45.9 Å². The summed E-state index contributed by atoms with van der Waals surface area (Å²) in [6.07, 6.45) is 4.07. The van der Waals surface area contributed by atoms with E-state index in [2.05, 4.69) is 19.7 Å². The topological polar surface area (TPSA) is 52.8 Å². The normalized spacial score (nSPS) is 13.7. The van der Waals surface area contributed by atoms with Crippen LogP contribution in [0.3, 0.4) is 0 Å². The van der Waals surface area contributed by atoms with Crippen molar-refractivity contribution in [2.75, 3.05) is 0 Å². The number of fused-ring (bicyclic) bond motifs is 1. The highest BCUT2D eigenvalue weighted by Gasteiger charge is 2.30. The van der Waals surface area contributed by atoms with Crippen LogP contribution in [-0.4, -0.2) is 19.7 Å². The third kappa shape index (κ3) is 4.00. The van der Waals surface area contributed by atoms with Crippen molar-refractivity contribution in [3.8, 4) is 5.75 Å². The number of aromatic nitrogens is 4. The van der Waals surface area contributed by atoms with E-state index < -0.39 is 0 Å². The monoisotopic (exact) mass is 456 g/mol. The van der Waals surface area contributed by atoms with Gasteiger partial charge in [-0.1, -0.05) is 53.2 Å². The summed E-state index contributed by atoms with van der Waals surface area (Å²) in [6, 6.07) is 15.7. The smallest absolute Gasteiger partial charge is 0.191 e. The lowest BCUT2D eigenvalue weighted by molar-refractivity contribution is 0.288. The van der Waals surface area contributed by atoms with E-state index in [9.17, 15) is 0 Å². The number of thioether (sulfide) groups is 1. The Labute approximate surface area is 188 Å². The fourth-order valence-corrected chi connectivity index (χ4v) is 4.78. The number of benzene rings is 2. The Hall–Kier alpha value is -2.28. The minimum Gasteiger partial charge on any atom is -0.484 e. The van der Waals surface area contributed by atoms with Crippen molar-refractivity contribution in [1.82, 2.24) is 19.7 Å². The van der Waals surface area contributed by atoms with Gasteiger partial charge in [-0.3, -0.25) is 9.55 Å². The van der Waals surface area contributed by atoms with Crippen molar-refractivity contribution in [3.05, 3.63) is 76.2 Å². The van der Waals surface area contributed by atoms with Crippen LogP contribution < -0.4 is 4.74 Å². The summed E-state index contributed by atoms with van der Waals surface area (Å²) >= 11 is 14.2. The second-order valence-corrected chi connectivity index (χ2v) is 8.87. The summed E-state index contributed by atoms with van der Waals surface area (Å²) in [4.78, 5) is 4.53. The van der Waals surface area contributed by atoms with Crippen molar-refractivity contribution in [2.24, 2.45) is 0 Å². The van der Waals surface area contributed by atoms with E-state index in [1.54, 1.807) is 18.0 Å². The standard InChI is InChI=1S/C22H18Cl2N4OS/c23-17-10-7-14(21-16(17)4-3-11-25-21)13-30-22-27-26-20(28(22)15-8-9-15)12-29-19-6-2-1-5-18(19)24/h1-7,10-11,15H,8-9,12-13H2. The Morgan fingerprint density at radius 1 is 1.00 bits per heavy atom. The Morgan fingerprint density at radius 2 is 1.87 bits per heavy atom. The summed E-state index contributed by atoms with van der Waals surface area (Å²) in [7, 11) is 0. The van der Waals surface area contributed by atoms with Crippen LogP contribution in [0.4, 0.5) is 0 Å². The molecule has 0 atom stereocenters. The largest absolute Gasteiger partial charge is 0.484 e. The first-order chi connectivity index (χ1) is 14.7. The van der Waals surface area contributed by atoms with E-state index in [4.69, 9.17) is 27.9 Å². The highest BCUT2D eigenvalue weighted by Crippen LogP contribution is 2.40. The minimum atomic E-state index is 0.333. The molecule has 30 heavy (non-hydrogen) atoms. The molecule has 2 heterocycles. The molecule has 1 saturated carbocycles. The summed E-state index contributed by atoms with van der Waals surface area (Å²) in [5, 5.41) is 12.0. The number of pyridine rings is 1. The highest BCUT2D eigenvalue weighted by molar-refractivity contribution is 7.98. The average Bonchev–Trinajstić information content (AvgIpc) is 3.53. The van der Waals surface area contributed by atoms with Gasteiger partial charge in [-0.05, 0) is 48.7 Å². The van der Waals surface area contributed by atoms with Crippen LogP contribution in [-0.2, 0) is 12.4 Å². The zero-order chi connectivity index (χ0) is 20.5. The van der Waals surface area contributed by atoms with Gasteiger partial charge in [0.25, 0.3) is 0 Å². The number of para-hydroxylation sites is 1. The number of rotatable bonds is 7. The number of halogens is 2. The lowest BCUT2D eigenvalue weighted by atomic mass is 10.1. The van der Waals surface area contributed by atoms with E-state index in [0.717, 1.165) is 46.0 Å². The third-order valence-corrected chi connectivity index (χ3v) is 6.63. The molecule has 152 valence electrons. The molecule has 2 aromatic carbocycles. The molecule has 1 fully saturated rings. The van der Waals surface area contributed by atoms with Gasteiger partial charge in [0.2, 0.25) is 0 Å². The van der Waals surface area contributed by atoms with Gasteiger partial charge in [0.1, 0.15) is 12.4 Å². The third-order valence-electron chi connectivity index (χ3n) is 5.00. The van der Waals surface area contributed by atoms with Crippen LogP contribution in [0.15, 0.2) is 59.9 Å². The van der Waals surface area contributed by atoms with Crippen molar-refractivity contribution in [2.45, 2.75) is 36.4 Å². The van der Waals surface area contributed by atoms with Crippen molar-refractivity contribution < 1.29 is 4.74 Å². The van der Waals surface area contributed by atoms with Crippen LogP contribution in [0.25, 0.3) is 10.9 Å². The Balaban J connectivity index is 1.36. The van der Waals surface area contributed by atoms with Gasteiger partial charge in [0.15, 0.2) is 11.0 Å². The van der Waals surface area contributed by atoms with Crippen LogP contribution in [0.2, 0.25) is 10.0 Å².